The van der Waals surface area contributed by atoms with Crippen LogP contribution in [0.1, 0.15) is 0 Å². The molecule has 0 aliphatic rings. The fraction of sp³-hybridized carbons (Fsp3) is 0.0526. The Morgan fingerprint density at radius 1 is 1.04 bits per heavy atom. The van der Waals surface area contributed by atoms with E-state index in [-0.39, 0.29) is 11.3 Å². The maximum absolute atomic E-state index is 12.5. The molecule has 3 aromatic carbocycles. The van der Waals surface area contributed by atoms with Gasteiger partial charge in [0.1, 0.15) is 11.4 Å². The normalized spacial score (nSPS) is 11.0. The number of benzene rings is 3. The number of nitrogens with zero attached hydrogens (tertiary/aromatic N) is 1. The first-order valence-corrected chi connectivity index (χ1v) is 7.52. The Morgan fingerprint density at radius 2 is 1.79 bits per heavy atom. The first-order chi connectivity index (χ1) is 11.7. The number of rotatable bonds is 2. The molecular weight excluding hydrogens is 302 g/mol. The van der Waals surface area contributed by atoms with Gasteiger partial charge in [0.25, 0.3) is 5.56 Å². The second-order valence-corrected chi connectivity index (χ2v) is 5.58. The molecule has 1 aromatic heterocycles. The van der Waals surface area contributed by atoms with Crippen LogP contribution in [0.4, 0.5) is 5.69 Å². The van der Waals surface area contributed by atoms with E-state index in [9.17, 15) is 4.79 Å². The highest BCUT2D eigenvalue weighted by Gasteiger charge is 2.12. The van der Waals surface area contributed by atoms with E-state index in [4.69, 9.17) is 10.5 Å². The molecule has 0 unspecified atom stereocenters. The number of ether oxygens (including phenoxy) is 1. The molecule has 4 aromatic rings. The van der Waals surface area contributed by atoms with Crippen LogP contribution in [0.15, 0.2) is 59.4 Å². The molecule has 3 N–H and O–H groups in total. The van der Waals surface area contributed by atoms with Gasteiger partial charge in [-0.2, -0.15) is 0 Å². The van der Waals surface area contributed by atoms with Crippen molar-refractivity contribution in [2.45, 2.75) is 0 Å². The number of nitrogen functional groups attached to an aromatic ring is 1. The molecule has 5 nitrogen and oxygen atoms in total. The molecule has 0 atom stereocenters. The van der Waals surface area contributed by atoms with E-state index in [1.165, 1.54) is 0 Å². The highest BCUT2D eigenvalue weighted by atomic mass is 16.5. The molecule has 0 amide bonds. The molecule has 0 bridgehead atoms. The predicted octanol–water partition coefficient (Wildman–Crippen LogP) is 3.33. The molecule has 4 rings (SSSR count). The maximum Gasteiger partial charge on any atom is 0.275 e. The molecule has 24 heavy (non-hydrogen) atoms. The summed E-state index contributed by atoms with van der Waals surface area (Å²) >= 11 is 0. The smallest absolute Gasteiger partial charge is 0.275 e. The first kappa shape index (κ1) is 14.3. The van der Waals surface area contributed by atoms with Gasteiger partial charge >= 0.3 is 0 Å². The second kappa shape index (κ2) is 5.38. The van der Waals surface area contributed by atoms with E-state index in [0.29, 0.717) is 28.0 Å². The highest BCUT2D eigenvalue weighted by Crippen LogP contribution is 2.28. The van der Waals surface area contributed by atoms with Crippen molar-refractivity contribution < 1.29 is 4.74 Å². The Labute approximate surface area is 137 Å². The standard InChI is InChI=1S/C19H15N3O2/c1-24-13-6-7-15(20)14(10-13)18-19(23)22-17-9-12-5-3-2-4-11(12)8-16(17)21-18/h2-10H,20H2,1H3,(H,22,23). The number of nitrogens with one attached hydrogen (secondary N) is 1. The summed E-state index contributed by atoms with van der Waals surface area (Å²) in [6, 6.07) is 17.0. The molecule has 0 aliphatic heterocycles. The number of methoxy groups -OCH3 is 1. The van der Waals surface area contributed by atoms with Gasteiger partial charge in [-0.1, -0.05) is 24.3 Å². The van der Waals surface area contributed by atoms with Gasteiger partial charge in [0.2, 0.25) is 0 Å². The number of hydrogen-bond acceptors (Lipinski definition) is 4. The number of fused-ring (bicyclic) bond motifs is 2. The Balaban J connectivity index is 2.01. The molecule has 5 heteroatoms. The Hall–Kier alpha value is -3.34. The van der Waals surface area contributed by atoms with Crippen LogP contribution in [-0.4, -0.2) is 17.1 Å². The Kier molecular flexibility index (Phi) is 3.20. The number of anilines is 1. The lowest BCUT2D eigenvalue weighted by Crippen LogP contribution is -2.12. The van der Waals surface area contributed by atoms with Crippen LogP contribution in [0, 0.1) is 0 Å². The average Bonchev–Trinajstić information content (AvgIpc) is 2.60. The summed E-state index contributed by atoms with van der Waals surface area (Å²) in [5.74, 6) is 0.624. The summed E-state index contributed by atoms with van der Waals surface area (Å²) in [6.07, 6.45) is 0. The minimum absolute atomic E-state index is 0.280. The Morgan fingerprint density at radius 3 is 2.54 bits per heavy atom. The predicted molar refractivity (Wildman–Crippen MR) is 96.3 cm³/mol. The van der Waals surface area contributed by atoms with Crippen LogP contribution in [0.5, 0.6) is 5.75 Å². The summed E-state index contributed by atoms with van der Waals surface area (Å²) in [5.41, 5.74) is 8.49. The van der Waals surface area contributed by atoms with Crippen molar-refractivity contribution in [2.24, 2.45) is 0 Å². The zero-order chi connectivity index (χ0) is 16.7. The van der Waals surface area contributed by atoms with Crippen LogP contribution >= 0.6 is 0 Å². The number of nitrogens with two attached hydrogens (primary N) is 1. The van der Waals surface area contributed by atoms with Gasteiger partial charge in [-0.25, -0.2) is 4.98 Å². The van der Waals surface area contributed by atoms with Crippen molar-refractivity contribution in [2.75, 3.05) is 12.8 Å². The largest absolute Gasteiger partial charge is 0.497 e. The van der Waals surface area contributed by atoms with Gasteiger partial charge < -0.3 is 15.5 Å². The summed E-state index contributed by atoms with van der Waals surface area (Å²) in [5, 5.41) is 2.12. The van der Waals surface area contributed by atoms with Gasteiger partial charge in [-0.15, -0.1) is 0 Å². The Bertz CT molecular complexity index is 1130. The van der Waals surface area contributed by atoms with Crippen molar-refractivity contribution >= 4 is 27.5 Å². The molecule has 0 fully saturated rings. The molecule has 1 heterocycles. The van der Waals surface area contributed by atoms with Crippen molar-refractivity contribution in [3.8, 4) is 17.0 Å². The van der Waals surface area contributed by atoms with E-state index >= 15 is 0 Å². The fourth-order valence-corrected chi connectivity index (χ4v) is 2.82. The first-order valence-electron chi connectivity index (χ1n) is 7.52. The fourth-order valence-electron chi connectivity index (χ4n) is 2.82. The maximum atomic E-state index is 12.5. The topological polar surface area (TPSA) is 81.0 Å². The number of hydrogen-bond donors (Lipinski definition) is 2. The van der Waals surface area contributed by atoms with E-state index in [2.05, 4.69) is 9.97 Å². The minimum Gasteiger partial charge on any atom is -0.497 e. The zero-order valence-corrected chi connectivity index (χ0v) is 13.0. The highest BCUT2D eigenvalue weighted by molar-refractivity contribution is 5.95. The van der Waals surface area contributed by atoms with Crippen LogP contribution < -0.4 is 16.0 Å². The molecule has 0 saturated carbocycles. The number of aromatic nitrogens is 2. The van der Waals surface area contributed by atoms with Crippen molar-refractivity contribution in [3.63, 3.8) is 0 Å². The molecule has 0 spiro atoms. The van der Waals surface area contributed by atoms with Gasteiger partial charge in [-0.05, 0) is 41.1 Å². The number of H-pyrrole nitrogens is 1. The SMILES string of the molecule is COc1ccc(N)c(-c2nc3cc4ccccc4cc3[nH]c2=O)c1. The minimum atomic E-state index is -0.280. The summed E-state index contributed by atoms with van der Waals surface area (Å²) in [4.78, 5) is 20.0. The average molecular weight is 317 g/mol. The van der Waals surface area contributed by atoms with Gasteiger partial charge in [0.05, 0.1) is 18.1 Å². The third-order valence-corrected chi connectivity index (χ3v) is 4.08. The quantitative estimate of drug-likeness (QED) is 0.439. The third kappa shape index (κ3) is 2.27. The molecule has 118 valence electrons. The van der Waals surface area contributed by atoms with Gasteiger partial charge in [-0.3, -0.25) is 4.79 Å². The van der Waals surface area contributed by atoms with E-state index in [1.54, 1.807) is 25.3 Å². The summed E-state index contributed by atoms with van der Waals surface area (Å²) in [6.45, 7) is 0. The van der Waals surface area contributed by atoms with E-state index < -0.39 is 0 Å². The van der Waals surface area contributed by atoms with Crippen LogP contribution in [0.25, 0.3) is 33.1 Å². The van der Waals surface area contributed by atoms with Crippen molar-refractivity contribution in [3.05, 3.63) is 65.0 Å². The van der Waals surface area contributed by atoms with Gasteiger partial charge in [0, 0.05) is 11.3 Å². The third-order valence-electron chi connectivity index (χ3n) is 4.08. The lowest BCUT2D eigenvalue weighted by atomic mass is 10.1. The van der Waals surface area contributed by atoms with E-state index in [1.807, 2.05) is 36.4 Å². The van der Waals surface area contributed by atoms with Crippen molar-refractivity contribution in [1.82, 2.24) is 9.97 Å². The summed E-state index contributed by atoms with van der Waals surface area (Å²) in [7, 11) is 1.57. The lowest BCUT2D eigenvalue weighted by Gasteiger charge is -2.08. The molecule has 0 radical (unpaired) electrons. The monoisotopic (exact) mass is 317 g/mol. The van der Waals surface area contributed by atoms with E-state index in [0.717, 1.165) is 10.8 Å². The lowest BCUT2D eigenvalue weighted by molar-refractivity contribution is 0.415. The van der Waals surface area contributed by atoms with Gasteiger partial charge in [0.15, 0.2) is 0 Å². The van der Waals surface area contributed by atoms with Crippen LogP contribution in [-0.2, 0) is 0 Å². The molecule has 0 saturated heterocycles. The number of aromatic amines is 1. The molecular formula is C19H15N3O2. The van der Waals surface area contributed by atoms with Crippen LogP contribution in [0.2, 0.25) is 0 Å². The molecule has 0 aliphatic carbocycles. The zero-order valence-electron chi connectivity index (χ0n) is 13.0. The second-order valence-electron chi connectivity index (χ2n) is 5.58. The summed E-state index contributed by atoms with van der Waals surface area (Å²) < 4.78 is 5.22. The van der Waals surface area contributed by atoms with Crippen LogP contribution in [0.3, 0.4) is 0 Å². The van der Waals surface area contributed by atoms with Crippen molar-refractivity contribution in [1.29, 1.82) is 0 Å².